The van der Waals surface area contributed by atoms with Crippen LogP contribution in [0.15, 0.2) is 122 Å². The van der Waals surface area contributed by atoms with Crippen molar-refractivity contribution in [3.63, 3.8) is 0 Å². The summed E-state index contributed by atoms with van der Waals surface area (Å²) < 4.78 is 0. The van der Waals surface area contributed by atoms with Crippen molar-refractivity contribution in [1.29, 1.82) is 0 Å². The molecule has 6 heteroatoms. The molecule has 0 N–H and O–H groups in total. The zero-order valence-corrected chi connectivity index (χ0v) is 19.2. The lowest BCUT2D eigenvalue weighted by molar-refractivity contribution is 1.07. The molecule has 4 heterocycles. The number of hydrogen-bond acceptors (Lipinski definition) is 6. The average Bonchev–Trinajstić information content (AvgIpc) is 2.98. The Morgan fingerprint density at radius 1 is 0.306 bits per heavy atom. The number of aromatic nitrogens is 6. The molecule has 2 aromatic carbocycles. The summed E-state index contributed by atoms with van der Waals surface area (Å²) in [7, 11) is 0. The standard InChI is InChI=1S/C30H20N6/c1-3-9-21(10-4-1)23-13-7-15-25(33-23)27-17-19-31-29(35-27)30-32-20-18-28(36-30)26-16-8-14-24(34-26)22-11-5-2-6-12-22/h1-20H. The molecule has 0 aliphatic rings. The molecule has 0 amide bonds. The third kappa shape index (κ3) is 4.48. The summed E-state index contributed by atoms with van der Waals surface area (Å²) >= 11 is 0. The van der Waals surface area contributed by atoms with Gasteiger partial charge in [0.15, 0.2) is 11.6 Å². The van der Waals surface area contributed by atoms with Gasteiger partial charge in [0.2, 0.25) is 0 Å². The Balaban J connectivity index is 1.34. The molecule has 36 heavy (non-hydrogen) atoms. The molecule has 0 bridgehead atoms. The van der Waals surface area contributed by atoms with E-state index in [9.17, 15) is 0 Å². The zero-order chi connectivity index (χ0) is 24.2. The summed E-state index contributed by atoms with van der Waals surface area (Å²) in [6, 6.07) is 35.7. The van der Waals surface area contributed by atoms with Gasteiger partial charge in [-0.25, -0.2) is 29.9 Å². The van der Waals surface area contributed by atoms with E-state index in [4.69, 9.17) is 19.9 Å². The average molecular weight is 465 g/mol. The van der Waals surface area contributed by atoms with E-state index in [1.807, 2.05) is 109 Å². The first-order valence-electron chi connectivity index (χ1n) is 11.6. The van der Waals surface area contributed by atoms with Crippen LogP contribution in [0.1, 0.15) is 0 Å². The molecule has 6 aromatic rings. The van der Waals surface area contributed by atoms with Gasteiger partial charge < -0.3 is 0 Å². The van der Waals surface area contributed by atoms with Gasteiger partial charge in [-0.1, -0.05) is 72.8 Å². The minimum atomic E-state index is 0.431. The molecule has 170 valence electrons. The molecule has 0 spiro atoms. The Kier molecular flexibility index (Phi) is 5.74. The van der Waals surface area contributed by atoms with Gasteiger partial charge in [0.1, 0.15) is 0 Å². The van der Waals surface area contributed by atoms with Crippen LogP contribution in [0.4, 0.5) is 0 Å². The summed E-state index contributed by atoms with van der Waals surface area (Å²) in [6.07, 6.45) is 3.41. The predicted molar refractivity (Wildman–Crippen MR) is 140 cm³/mol. The van der Waals surface area contributed by atoms with E-state index >= 15 is 0 Å². The molecule has 0 radical (unpaired) electrons. The van der Waals surface area contributed by atoms with Crippen LogP contribution in [0.5, 0.6) is 0 Å². The Bertz CT molecular complexity index is 1510. The van der Waals surface area contributed by atoms with Crippen molar-refractivity contribution in [3.8, 4) is 56.9 Å². The molecule has 0 atom stereocenters. The lowest BCUT2D eigenvalue weighted by Gasteiger charge is -2.07. The first-order chi connectivity index (χ1) is 17.8. The van der Waals surface area contributed by atoms with Gasteiger partial charge in [0.05, 0.1) is 34.2 Å². The van der Waals surface area contributed by atoms with Crippen LogP contribution in [-0.4, -0.2) is 29.9 Å². The van der Waals surface area contributed by atoms with Gasteiger partial charge in [0, 0.05) is 23.5 Å². The Hall–Kier alpha value is -5.10. The maximum absolute atomic E-state index is 4.81. The number of pyridine rings is 2. The van der Waals surface area contributed by atoms with Gasteiger partial charge in [-0.3, -0.25) is 0 Å². The lowest BCUT2D eigenvalue weighted by atomic mass is 10.1. The minimum absolute atomic E-state index is 0.431. The third-order valence-corrected chi connectivity index (χ3v) is 5.67. The SMILES string of the molecule is c1ccc(-c2cccc(-c3ccnc(-c4nccc(-c5cccc(-c6ccccc6)n5)n4)n3)n2)cc1. The molecule has 0 saturated carbocycles. The van der Waals surface area contributed by atoms with Crippen molar-refractivity contribution < 1.29 is 0 Å². The highest BCUT2D eigenvalue weighted by Gasteiger charge is 2.12. The fourth-order valence-electron chi connectivity index (χ4n) is 3.91. The topological polar surface area (TPSA) is 77.3 Å². The molecule has 0 saturated heterocycles. The first kappa shape index (κ1) is 21.4. The van der Waals surface area contributed by atoms with Crippen LogP contribution in [0.25, 0.3) is 56.9 Å². The quantitative estimate of drug-likeness (QED) is 0.294. The minimum Gasteiger partial charge on any atom is -0.246 e. The van der Waals surface area contributed by atoms with Gasteiger partial charge in [-0.2, -0.15) is 0 Å². The first-order valence-corrected chi connectivity index (χ1v) is 11.6. The van der Waals surface area contributed by atoms with Crippen LogP contribution in [0.2, 0.25) is 0 Å². The van der Waals surface area contributed by atoms with E-state index in [0.29, 0.717) is 23.0 Å². The zero-order valence-electron chi connectivity index (χ0n) is 19.2. The molecule has 4 aromatic heterocycles. The summed E-state index contributed by atoms with van der Waals surface area (Å²) in [4.78, 5) is 27.9. The van der Waals surface area contributed by atoms with E-state index in [1.165, 1.54) is 0 Å². The summed E-state index contributed by atoms with van der Waals surface area (Å²) in [6.45, 7) is 0. The van der Waals surface area contributed by atoms with Crippen molar-refractivity contribution in [1.82, 2.24) is 29.9 Å². The number of nitrogens with zero attached hydrogens (tertiary/aromatic N) is 6. The highest BCUT2D eigenvalue weighted by molar-refractivity contribution is 5.66. The van der Waals surface area contributed by atoms with Gasteiger partial charge in [0.25, 0.3) is 0 Å². The second kappa shape index (κ2) is 9.64. The van der Waals surface area contributed by atoms with E-state index in [1.54, 1.807) is 12.4 Å². The Morgan fingerprint density at radius 3 is 1.14 bits per heavy atom. The number of benzene rings is 2. The maximum Gasteiger partial charge on any atom is 0.198 e. The van der Waals surface area contributed by atoms with Crippen LogP contribution in [-0.2, 0) is 0 Å². The van der Waals surface area contributed by atoms with Gasteiger partial charge in [-0.15, -0.1) is 0 Å². The summed E-state index contributed by atoms with van der Waals surface area (Å²) in [5, 5.41) is 0. The fraction of sp³-hybridized carbons (Fsp3) is 0. The Labute approximate surface area is 208 Å². The fourth-order valence-corrected chi connectivity index (χ4v) is 3.91. The van der Waals surface area contributed by atoms with Crippen molar-refractivity contribution >= 4 is 0 Å². The van der Waals surface area contributed by atoms with Crippen LogP contribution >= 0.6 is 0 Å². The van der Waals surface area contributed by atoms with Crippen molar-refractivity contribution in [2.75, 3.05) is 0 Å². The highest BCUT2D eigenvalue weighted by Crippen LogP contribution is 2.24. The molecule has 0 aliphatic carbocycles. The molecule has 0 unspecified atom stereocenters. The van der Waals surface area contributed by atoms with E-state index in [-0.39, 0.29) is 0 Å². The summed E-state index contributed by atoms with van der Waals surface area (Å²) in [5.74, 6) is 0.862. The monoisotopic (exact) mass is 464 g/mol. The molecule has 6 rings (SSSR count). The van der Waals surface area contributed by atoms with Crippen LogP contribution < -0.4 is 0 Å². The van der Waals surface area contributed by atoms with E-state index in [2.05, 4.69) is 9.97 Å². The molecule has 0 aliphatic heterocycles. The third-order valence-electron chi connectivity index (χ3n) is 5.67. The van der Waals surface area contributed by atoms with Crippen molar-refractivity contribution in [2.24, 2.45) is 0 Å². The molecular formula is C30H20N6. The van der Waals surface area contributed by atoms with Crippen LogP contribution in [0.3, 0.4) is 0 Å². The normalized spacial score (nSPS) is 10.8. The van der Waals surface area contributed by atoms with E-state index < -0.39 is 0 Å². The lowest BCUT2D eigenvalue weighted by Crippen LogP contribution is -1.99. The highest BCUT2D eigenvalue weighted by atomic mass is 15.0. The van der Waals surface area contributed by atoms with E-state index in [0.717, 1.165) is 33.9 Å². The van der Waals surface area contributed by atoms with Crippen molar-refractivity contribution in [2.45, 2.75) is 0 Å². The molecule has 0 fully saturated rings. The molecule has 6 nitrogen and oxygen atoms in total. The smallest absolute Gasteiger partial charge is 0.198 e. The van der Waals surface area contributed by atoms with Crippen LogP contribution in [0, 0.1) is 0 Å². The maximum atomic E-state index is 4.81. The van der Waals surface area contributed by atoms with Gasteiger partial charge in [-0.05, 0) is 36.4 Å². The van der Waals surface area contributed by atoms with Gasteiger partial charge >= 0.3 is 0 Å². The second-order valence-electron chi connectivity index (χ2n) is 8.08. The number of rotatable bonds is 5. The molecular weight excluding hydrogens is 444 g/mol. The largest absolute Gasteiger partial charge is 0.246 e. The second-order valence-corrected chi connectivity index (χ2v) is 8.08. The predicted octanol–water partition coefficient (Wildman–Crippen LogP) is 6.39. The van der Waals surface area contributed by atoms with Crippen molar-refractivity contribution in [3.05, 3.63) is 122 Å². The Morgan fingerprint density at radius 2 is 0.694 bits per heavy atom. The summed E-state index contributed by atoms with van der Waals surface area (Å²) in [5.41, 5.74) is 6.80. The number of hydrogen-bond donors (Lipinski definition) is 0.